The molecule has 1 aromatic carbocycles. The Hall–Kier alpha value is -2.81. The zero-order valence-electron chi connectivity index (χ0n) is 21.7. The lowest BCUT2D eigenvalue weighted by Crippen LogP contribution is -2.19. The van der Waals surface area contributed by atoms with Gasteiger partial charge < -0.3 is 10.1 Å². The Kier molecular flexibility index (Phi) is 6.91. The van der Waals surface area contributed by atoms with Gasteiger partial charge in [0.25, 0.3) is 0 Å². The van der Waals surface area contributed by atoms with E-state index < -0.39 is 7.04 Å². The van der Waals surface area contributed by atoms with Gasteiger partial charge in [0, 0.05) is 11.8 Å². The van der Waals surface area contributed by atoms with Crippen LogP contribution in [0.1, 0.15) is 58.0 Å². The minimum Gasteiger partial charge on any atom is -0.497 e. The number of carbonyl (C=O) groups excluding carboxylic acids is 1. The van der Waals surface area contributed by atoms with E-state index in [1.807, 2.05) is 25.2 Å². The average molecular weight is 410 g/mol. The normalized spacial score (nSPS) is 19.6. The van der Waals surface area contributed by atoms with Gasteiger partial charge in [0.05, 0.1) is 11.2 Å². The molecule has 0 bridgehead atoms. The first-order chi connectivity index (χ1) is 15.4. The molecule has 3 nitrogen and oxygen atoms in total. The van der Waals surface area contributed by atoms with Crippen LogP contribution in [0.15, 0.2) is 83.0 Å². The Balaban J connectivity index is 1.93. The van der Waals surface area contributed by atoms with Gasteiger partial charge in [-0.1, -0.05) is 55.4 Å². The largest absolute Gasteiger partial charge is 0.497 e. The molecular weight excluding hydrogens is 371 g/mol. The number of carbonyl (C=O) groups is 1. The van der Waals surface area contributed by atoms with Crippen molar-refractivity contribution in [2.45, 2.75) is 53.9 Å². The molecule has 3 heteroatoms. The van der Waals surface area contributed by atoms with Crippen molar-refractivity contribution in [1.82, 2.24) is 0 Å². The zero-order valence-corrected chi connectivity index (χ0v) is 18.7. The number of hydrogen-bond donors (Lipinski definition) is 1. The second kappa shape index (κ2) is 10.8. The zero-order chi connectivity index (χ0) is 24.6. The summed E-state index contributed by atoms with van der Waals surface area (Å²) in [6.45, 7) is 10.8. The van der Waals surface area contributed by atoms with Crippen molar-refractivity contribution in [3.05, 3.63) is 83.0 Å². The Morgan fingerprint density at radius 3 is 2.57 bits per heavy atom. The van der Waals surface area contributed by atoms with Crippen LogP contribution in [-0.4, -0.2) is 12.9 Å². The predicted molar refractivity (Wildman–Crippen MR) is 128 cm³/mol. The van der Waals surface area contributed by atoms with Crippen molar-refractivity contribution in [2.75, 3.05) is 12.4 Å². The predicted octanol–water partition coefficient (Wildman–Crippen LogP) is 7.17. The molecule has 2 rings (SSSR count). The Morgan fingerprint density at radius 2 is 1.90 bits per heavy atom. The van der Waals surface area contributed by atoms with E-state index in [2.05, 4.69) is 45.2 Å². The summed E-state index contributed by atoms with van der Waals surface area (Å²) in [5, 5.41) is 2.75. The van der Waals surface area contributed by atoms with Crippen molar-refractivity contribution >= 4 is 11.6 Å². The van der Waals surface area contributed by atoms with Gasteiger partial charge in [0.1, 0.15) is 5.75 Å². The third kappa shape index (κ3) is 7.22. The summed E-state index contributed by atoms with van der Waals surface area (Å²) in [5.41, 5.74) is 5.66. The summed E-state index contributed by atoms with van der Waals surface area (Å²) in [6.07, 6.45) is 15.4. The molecule has 30 heavy (non-hydrogen) atoms. The van der Waals surface area contributed by atoms with Crippen LogP contribution in [-0.2, 0) is 4.79 Å². The molecule has 0 atom stereocenters. The quantitative estimate of drug-likeness (QED) is 0.295. The van der Waals surface area contributed by atoms with Crippen molar-refractivity contribution in [2.24, 2.45) is 5.41 Å². The van der Waals surface area contributed by atoms with E-state index in [0.717, 1.165) is 11.1 Å². The van der Waals surface area contributed by atoms with Gasteiger partial charge in [-0.2, -0.15) is 0 Å². The topological polar surface area (TPSA) is 38.3 Å². The molecule has 0 aromatic heterocycles. The van der Waals surface area contributed by atoms with Crippen LogP contribution in [0.2, 0.25) is 0 Å². The van der Waals surface area contributed by atoms with E-state index in [9.17, 15) is 4.79 Å². The minimum atomic E-state index is -2.50. The molecule has 1 aliphatic rings. The SMILES string of the molecule is [2H][13C]([2H])([2H])Oc1ccc(NC(=O)/C=C(C)/C=C/C=C(C)/C=C/C2=C(C)CCCC2(C)C)cc1. The highest BCUT2D eigenvalue weighted by atomic mass is 16.5. The van der Waals surface area contributed by atoms with Gasteiger partial charge in [-0.15, -0.1) is 0 Å². The molecule has 0 saturated heterocycles. The van der Waals surface area contributed by atoms with Crippen LogP contribution in [0.3, 0.4) is 0 Å². The second-order valence-corrected chi connectivity index (χ2v) is 8.54. The summed E-state index contributed by atoms with van der Waals surface area (Å²) in [6, 6.07) is 6.21. The molecule has 0 unspecified atom stereocenters. The minimum absolute atomic E-state index is 0.220. The van der Waals surface area contributed by atoms with Gasteiger partial charge >= 0.3 is 0 Å². The lowest BCUT2D eigenvalue weighted by Gasteiger charge is -2.32. The smallest absolute Gasteiger partial charge is 0.248 e. The second-order valence-electron chi connectivity index (χ2n) is 8.54. The van der Waals surface area contributed by atoms with E-state index in [4.69, 9.17) is 8.85 Å². The highest BCUT2D eigenvalue weighted by Gasteiger charge is 2.26. The summed E-state index contributed by atoms with van der Waals surface area (Å²) >= 11 is 0. The Labute approximate surface area is 186 Å². The monoisotopic (exact) mass is 409 g/mol. The fourth-order valence-corrected chi connectivity index (χ4v) is 3.67. The molecular formula is C27H35NO2. The Morgan fingerprint density at radius 1 is 1.17 bits per heavy atom. The molecule has 0 fully saturated rings. The number of methoxy groups -OCH3 is 1. The number of ether oxygens (including phenoxy) is 1. The van der Waals surface area contributed by atoms with Gasteiger partial charge in [-0.25, -0.2) is 0 Å². The van der Waals surface area contributed by atoms with E-state index in [0.29, 0.717) is 5.69 Å². The fourth-order valence-electron chi connectivity index (χ4n) is 3.67. The molecule has 1 N–H and O–H groups in total. The number of rotatable bonds is 7. The number of nitrogens with one attached hydrogen (secondary N) is 1. The van der Waals surface area contributed by atoms with E-state index in [1.54, 1.807) is 12.1 Å². The maximum Gasteiger partial charge on any atom is 0.248 e. The van der Waals surface area contributed by atoms with Crippen LogP contribution in [0.25, 0.3) is 0 Å². The van der Waals surface area contributed by atoms with E-state index in [-0.39, 0.29) is 17.1 Å². The first-order valence-electron chi connectivity index (χ1n) is 11.9. The van der Waals surface area contributed by atoms with Crippen molar-refractivity contribution in [3.8, 4) is 5.75 Å². The standard InChI is InChI=1S/C27H35NO2/c1-20(12-17-25-22(3)11-8-18-27(25,4)5)9-7-10-21(2)19-26(29)28-23-13-15-24(30-6)16-14-23/h7,9-10,12-17,19H,8,11,18H2,1-6H3,(H,28,29)/b10-7+,17-12+,20-9+,21-19+/i6+1D3. The number of benzene rings is 1. The summed E-state index contributed by atoms with van der Waals surface area (Å²) in [4.78, 5) is 12.2. The number of anilines is 1. The summed E-state index contributed by atoms with van der Waals surface area (Å²) < 4.78 is 26.1. The molecule has 0 spiro atoms. The van der Waals surface area contributed by atoms with Crippen LogP contribution in [0.5, 0.6) is 5.75 Å². The lowest BCUT2D eigenvalue weighted by molar-refractivity contribution is -0.111. The van der Waals surface area contributed by atoms with Crippen LogP contribution < -0.4 is 10.1 Å². The molecule has 0 radical (unpaired) electrons. The maximum absolute atomic E-state index is 12.2. The number of allylic oxidation sites excluding steroid dienone is 9. The van der Waals surface area contributed by atoms with Crippen LogP contribution in [0.4, 0.5) is 5.69 Å². The Bertz CT molecular complexity index is 991. The van der Waals surface area contributed by atoms with Crippen LogP contribution >= 0.6 is 0 Å². The average Bonchev–Trinajstić information content (AvgIpc) is 2.67. The van der Waals surface area contributed by atoms with Gasteiger partial charge in [-0.3, -0.25) is 4.79 Å². The summed E-state index contributed by atoms with van der Waals surface area (Å²) in [5.74, 6) is -0.0402. The van der Waals surface area contributed by atoms with Crippen molar-refractivity contribution in [1.29, 1.82) is 0 Å². The molecule has 160 valence electrons. The lowest BCUT2D eigenvalue weighted by atomic mass is 9.72. The van der Waals surface area contributed by atoms with Crippen molar-refractivity contribution < 1.29 is 13.6 Å². The molecule has 0 aliphatic heterocycles. The molecule has 0 heterocycles. The number of hydrogen-bond acceptors (Lipinski definition) is 2. The van der Waals surface area contributed by atoms with Gasteiger partial charge in [-0.05, 0) is 80.9 Å². The first-order valence-corrected chi connectivity index (χ1v) is 10.4. The molecule has 0 saturated carbocycles. The summed E-state index contributed by atoms with van der Waals surface area (Å²) in [7, 11) is -2.50. The van der Waals surface area contributed by atoms with E-state index >= 15 is 0 Å². The van der Waals surface area contributed by atoms with Crippen molar-refractivity contribution in [3.63, 3.8) is 0 Å². The molecule has 1 aliphatic carbocycles. The van der Waals surface area contributed by atoms with E-state index in [1.165, 1.54) is 48.6 Å². The third-order valence-electron chi connectivity index (χ3n) is 5.37. The van der Waals surface area contributed by atoms with Gasteiger partial charge in [0.15, 0.2) is 0 Å². The third-order valence-corrected chi connectivity index (χ3v) is 5.37. The molecule has 1 amide bonds. The number of amides is 1. The fraction of sp³-hybridized carbons (Fsp3) is 0.370. The van der Waals surface area contributed by atoms with Crippen LogP contribution in [0, 0.1) is 5.41 Å². The highest BCUT2D eigenvalue weighted by Crippen LogP contribution is 2.40. The van der Waals surface area contributed by atoms with Gasteiger partial charge in [0.2, 0.25) is 5.91 Å². The first kappa shape index (κ1) is 19.2. The molecule has 1 aromatic rings. The maximum atomic E-state index is 12.2. The highest BCUT2D eigenvalue weighted by molar-refractivity contribution is 6.00.